The number of hydrogen-bond donors (Lipinski definition) is 1. The molecule has 0 saturated heterocycles. The van der Waals surface area contributed by atoms with E-state index in [4.69, 9.17) is 5.84 Å². The van der Waals surface area contributed by atoms with Gasteiger partial charge in [-0.2, -0.15) is 0 Å². The van der Waals surface area contributed by atoms with Crippen molar-refractivity contribution >= 4 is 17.7 Å². The molecule has 21 heavy (non-hydrogen) atoms. The van der Waals surface area contributed by atoms with Crippen LogP contribution in [0.15, 0.2) is 29.6 Å². The lowest BCUT2D eigenvalue weighted by atomic mass is 10.3. The van der Waals surface area contributed by atoms with E-state index in [0.29, 0.717) is 35.5 Å². The minimum atomic E-state index is 0.0624. The molecule has 0 saturated carbocycles. The largest absolute Gasteiger partial charge is 0.343 e. The first kappa shape index (κ1) is 15.3. The summed E-state index contributed by atoms with van der Waals surface area (Å²) in [6.07, 6.45) is 1.67. The van der Waals surface area contributed by atoms with E-state index in [1.807, 2.05) is 32.0 Å². The van der Waals surface area contributed by atoms with Crippen LogP contribution in [0, 0.1) is 0 Å². The molecule has 0 bridgehead atoms. The van der Waals surface area contributed by atoms with Gasteiger partial charge in [-0.1, -0.05) is 17.8 Å². The third-order valence-corrected chi connectivity index (χ3v) is 3.93. The Hall–Kier alpha value is -2.09. The highest BCUT2D eigenvalue weighted by molar-refractivity contribution is 7.99. The first-order chi connectivity index (χ1) is 10.2. The lowest BCUT2D eigenvalue weighted by Gasteiger charge is -2.17. The van der Waals surface area contributed by atoms with Gasteiger partial charge in [-0.25, -0.2) is 4.68 Å². The fourth-order valence-corrected chi connectivity index (χ4v) is 2.60. The van der Waals surface area contributed by atoms with Crippen LogP contribution in [0.4, 0.5) is 0 Å². The van der Waals surface area contributed by atoms with Crippen molar-refractivity contribution in [2.75, 3.05) is 24.7 Å². The van der Waals surface area contributed by atoms with Crippen molar-refractivity contribution in [1.82, 2.24) is 24.8 Å². The van der Waals surface area contributed by atoms with Crippen molar-refractivity contribution in [2.24, 2.45) is 0 Å². The maximum atomic E-state index is 12.0. The van der Waals surface area contributed by atoms with Crippen molar-refractivity contribution in [3.8, 4) is 11.5 Å². The van der Waals surface area contributed by atoms with Gasteiger partial charge in [0.05, 0.1) is 5.75 Å². The Morgan fingerprint density at radius 1 is 1.33 bits per heavy atom. The van der Waals surface area contributed by atoms with Gasteiger partial charge in [0.25, 0.3) is 0 Å². The third kappa shape index (κ3) is 3.52. The number of carbonyl (C=O) groups excluding carboxylic acids is 1. The van der Waals surface area contributed by atoms with E-state index >= 15 is 0 Å². The van der Waals surface area contributed by atoms with Crippen molar-refractivity contribution in [1.29, 1.82) is 0 Å². The van der Waals surface area contributed by atoms with Crippen LogP contribution in [0.2, 0.25) is 0 Å². The Bertz CT molecular complexity index is 596. The van der Waals surface area contributed by atoms with Crippen LogP contribution in [0.25, 0.3) is 11.5 Å². The summed E-state index contributed by atoms with van der Waals surface area (Å²) in [5.41, 5.74) is 0.648. The first-order valence-electron chi connectivity index (χ1n) is 6.69. The SMILES string of the molecule is CCN(CC)C(=O)CSc1nnc(-c2ccccn2)n1N. The number of thioether (sulfide) groups is 1. The molecule has 2 N–H and O–H groups in total. The van der Waals surface area contributed by atoms with E-state index in [9.17, 15) is 4.79 Å². The number of pyridine rings is 1. The summed E-state index contributed by atoms with van der Waals surface area (Å²) in [6, 6.07) is 5.48. The molecule has 0 spiro atoms. The number of hydrogen-bond acceptors (Lipinski definition) is 6. The van der Waals surface area contributed by atoms with E-state index in [1.165, 1.54) is 16.4 Å². The molecule has 0 aliphatic carbocycles. The molecule has 0 aliphatic heterocycles. The van der Waals surface area contributed by atoms with Gasteiger partial charge >= 0.3 is 0 Å². The Morgan fingerprint density at radius 2 is 2.10 bits per heavy atom. The molecule has 112 valence electrons. The standard InChI is InChI=1S/C13H18N6OS/c1-3-18(4-2)11(20)9-21-13-17-16-12(19(13)14)10-7-5-6-8-15-10/h5-8H,3-4,9,14H2,1-2H3. The fraction of sp³-hybridized carbons (Fsp3) is 0.385. The first-order valence-corrected chi connectivity index (χ1v) is 7.68. The van der Waals surface area contributed by atoms with E-state index in [2.05, 4.69) is 15.2 Å². The summed E-state index contributed by atoms with van der Waals surface area (Å²) in [7, 11) is 0. The molecule has 2 heterocycles. The number of nitrogen functional groups attached to an aromatic ring is 1. The van der Waals surface area contributed by atoms with E-state index in [-0.39, 0.29) is 5.91 Å². The quantitative estimate of drug-likeness (QED) is 0.633. The number of aromatic nitrogens is 4. The lowest BCUT2D eigenvalue weighted by molar-refractivity contribution is -0.127. The average Bonchev–Trinajstić information content (AvgIpc) is 2.88. The topological polar surface area (TPSA) is 89.9 Å². The van der Waals surface area contributed by atoms with Gasteiger partial charge in [0.1, 0.15) is 5.69 Å². The Kier molecular flexibility index (Phi) is 5.15. The summed E-state index contributed by atoms with van der Waals surface area (Å²) >= 11 is 1.28. The van der Waals surface area contributed by atoms with Gasteiger partial charge in [-0.05, 0) is 26.0 Å². The van der Waals surface area contributed by atoms with E-state index in [1.54, 1.807) is 11.1 Å². The van der Waals surface area contributed by atoms with Crippen LogP contribution in [-0.4, -0.2) is 49.5 Å². The normalized spacial score (nSPS) is 10.6. The Labute approximate surface area is 127 Å². The third-order valence-electron chi connectivity index (χ3n) is 3.00. The zero-order valence-electron chi connectivity index (χ0n) is 12.1. The van der Waals surface area contributed by atoms with Crippen molar-refractivity contribution in [3.05, 3.63) is 24.4 Å². The van der Waals surface area contributed by atoms with Gasteiger partial charge in [0.15, 0.2) is 0 Å². The van der Waals surface area contributed by atoms with Gasteiger partial charge in [0, 0.05) is 19.3 Å². The monoisotopic (exact) mass is 306 g/mol. The molecule has 1 amide bonds. The van der Waals surface area contributed by atoms with E-state index < -0.39 is 0 Å². The number of nitrogens with zero attached hydrogens (tertiary/aromatic N) is 5. The van der Waals surface area contributed by atoms with Crippen molar-refractivity contribution in [3.63, 3.8) is 0 Å². The maximum absolute atomic E-state index is 12.0. The molecular weight excluding hydrogens is 288 g/mol. The number of nitrogens with two attached hydrogens (primary N) is 1. The molecule has 0 fully saturated rings. The molecule has 0 atom stereocenters. The lowest BCUT2D eigenvalue weighted by Crippen LogP contribution is -2.32. The summed E-state index contributed by atoms with van der Waals surface area (Å²) < 4.78 is 1.36. The zero-order chi connectivity index (χ0) is 15.2. The second-order valence-corrected chi connectivity index (χ2v) is 5.19. The number of carbonyl (C=O) groups is 1. The fourth-order valence-electron chi connectivity index (χ4n) is 1.84. The molecule has 2 aromatic rings. The molecule has 8 heteroatoms. The molecule has 2 aromatic heterocycles. The predicted octanol–water partition coefficient (Wildman–Crippen LogP) is 1.01. The van der Waals surface area contributed by atoms with Crippen LogP contribution in [0.3, 0.4) is 0 Å². The van der Waals surface area contributed by atoms with Gasteiger partial charge < -0.3 is 10.7 Å². The van der Waals surface area contributed by atoms with Gasteiger partial charge in [0.2, 0.25) is 16.9 Å². The minimum absolute atomic E-state index is 0.0624. The molecule has 0 aromatic carbocycles. The van der Waals surface area contributed by atoms with Crippen LogP contribution in [-0.2, 0) is 4.79 Å². The highest BCUT2D eigenvalue weighted by Gasteiger charge is 2.16. The van der Waals surface area contributed by atoms with Crippen LogP contribution in [0.1, 0.15) is 13.8 Å². The summed E-state index contributed by atoms with van der Waals surface area (Å²) in [6.45, 7) is 5.31. The van der Waals surface area contributed by atoms with Crippen molar-refractivity contribution < 1.29 is 4.79 Å². The Balaban J connectivity index is 2.06. The second kappa shape index (κ2) is 7.07. The summed E-state index contributed by atoms with van der Waals surface area (Å²) in [5.74, 6) is 6.80. The van der Waals surface area contributed by atoms with Gasteiger partial charge in [-0.3, -0.25) is 9.78 Å². The summed E-state index contributed by atoms with van der Waals surface area (Å²) in [5, 5.41) is 8.54. The molecule has 0 unspecified atom stereocenters. The maximum Gasteiger partial charge on any atom is 0.233 e. The molecular formula is C13H18N6OS. The van der Waals surface area contributed by atoms with Gasteiger partial charge in [-0.15, -0.1) is 10.2 Å². The molecule has 2 rings (SSSR count). The molecule has 0 radical (unpaired) electrons. The van der Waals surface area contributed by atoms with E-state index in [0.717, 1.165) is 0 Å². The zero-order valence-corrected chi connectivity index (χ0v) is 12.9. The Morgan fingerprint density at radius 3 is 2.71 bits per heavy atom. The van der Waals surface area contributed by atoms with Crippen LogP contribution >= 0.6 is 11.8 Å². The van der Waals surface area contributed by atoms with Crippen molar-refractivity contribution in [2.45, 2.75) is 19.0 Å². The number of rotatable bonds is 6. The highest BCUT2D eigenvalue weighted by Crippen LogP contribution is 2.20. The average molecular weight is 306 g/mol. The number of amides is 1. The minimum Gasteiger partial charge on any atom is -0.343 e. The second-order valence-electron chi connectivity index (χ2n) is 4.25. The molecule has 0 aliphatic rings. The predicted molar refractivity (Wildman–Crippen MR) is 82.1 cm³/mol. The highest BCUT2D eigenvalue weighted by atomic mass is 32.2. The molecule has 7 nitrogen and oxygen atoms in total. The van der Waals surface area contributed by atoms with Crippen LogP contribution in [0.5, 0.6) is 0 Å². The van der Waals surface area contributed by atoms with Crippen LogP contribution < -0.4 is 5.84 Å². The smallest absolute Gasteiger partial charge is 0.233 e. The summed E-state index contributed by atoms with van der Waals surface area (Å²) in [4.78, 5) is 17.9.